The van der Waals surface area contributed by atoms with Gasteiger partial charge < -0.3 is 10.2 Å². The van der Waals surface area contributed by atoms with E-state index in [-0.39, 0.29) is 6.04 Å². The lowest BCUT2D eigenvalue weighted by molar-refractivity contribution is 0.497. The van der Waals surface area contributed by atoms with Gasteiger partial charge in [-0.1, -0.05) is 5.21 Å². The first-order chi connectivity index (χ1) is 7.52. The smallest absolute Gasteiger partial charge is 0.106 e. The van der Waals surface area contributed by atoms with Gasteiger partial charge in [0, 0.05) is 12.6 Å². The van der Waals surface area contributed by atoms with Crippen molar-refractivity contribution in [2.75, 3.05) is 0 Å². The first-order valence-electron chi connectivity index (χ1n) is 5.19. The second-order valence-electron chi connectivity index (χ2n) is 4.01. The number of aromatic nitrogens is 3. The first kappa shape index (κ1) is 10.9. The van der Waals surface area contributed by atoms with Crippen molar-refractivity contribution < 1.29 is 4.42 Å². The molecule has 2 aromatic heterocycles. The number of nitrogens with two attached hydrogens (primary N) is 1. The van der Waals surface area contributed by atoms with Crippen LogP contribution in [0.4, 0.5) is 0 Å². The second-order valence-corrected chi connectivity index (χ2v) is 4.01. The average Bonchev–Trinajstić information content (AvgIpc) is 2.73. The highest BCUT2D eigenvalue weighted by Crippen LogP contribution is 2.29. The van der Waals surface area contributed by atoms with Crippen molar-refractivity contribution in [3.63, 3.8) is 0 Å². The van der Waals surface area contributed by atoms with Crippen LogP contribution >= 0.6 is 0 Å². The van der Waals surface area contributed by atoms with E-state index in [0.717, 1.165) is 28.3 Å². The van der Waals surface area contributed by atoms with Crippen molar-refractivity contribution in [3.05, 3.63) is 34.5 Å². The highest BCUT2D eigenvalue weighted by atomic mass is 16.3. The molecule has 0 aromatic carbocycles. The van der Waals surface area contributed by atoms with Crippen molar-refractivity contribution in [1.82, 2.24) is 15.0 Å². The topological polar surface area (TPSA) is 69.9 Å². The Morgan fingerprint density at radius 2 is 2.00 bits per heavy atom. The molecule has 0 radical (unpaired) electrons. The van der Waals surface area contributed by atoms with Crippen LogP contribution in [0.25, 0.3) is 0 Å². The van der Waals surface area contributed by atoms with Crippen LogP contribution in [0.1, 0.15) is 34.4 Å². The Kier molecular flexibility index (Phi) is 2.55. The molecule has 0 saturated heterocycles. The molecule has 2 rings (SSSR count). The largest absolute Gasteiger partial charge is 0.466 e. The molecule has 0 bridgehead atoms. The average molecular weight is 220 g/mol. The number of rotatable bonds is 2. The summed E-state index contributed by atoms with van der Waals surface area (Å²) in [6.45, 7) is 5.89. The van der Waals surface area contributed by atoms with Crippen LogP contribution in [0.3, 0.4) is 0 Å². The predicted octanol–water partition coefficient (Wildman–Crippen LogP) is 1.38. The zero-order valence-electron chi connectivity index (χ0n) is 9.98. The normalized spacial score (nSPS) is 13.1. The molecular weight excluding hydrogens is 204 g/mol. The van der Waals surface area contributed by atoms with Crippen LogP contribution in [0.2, 0.25) is 0 Å². The van der Waals surface area contributed by atoms with E-state index >= 15 is 0 Å². The highest BCUT2D eigenvalue weighted by Gasteiger charge is 2.21. The second kappa shape index (κ2) is 3.75. The molecule has 1 atom stereocenters. The standard InChI is InChI=1S/C11H16N4O/c1-6-7(2)16-8(3)10(6)11(12)9-5-13-14-15(9)4/h5,11H,12H2,1-4H3. The fourth-order valence-corrected chi connectivity index (χ4v) is 1.99. The summed E-state index contributed by atoms with van der Waals surface area (Å²) < 4.78 is 7.26. The van der Waals surface area contributed by atoms with Gasteiger partial charge in [0.25, 0.3) is 0 Å². The Morgan fingerprint density at radius 3 is 2.44 bits per heavy atom. The quantitative estimate of drug-likeness (QED) is 0.830. The molecule has 2 N–H and O–H groups in total. The van der Waals surface area contributed by atoms with Crippen molar-refractivity contribution in [2.24, 2.45) is 12.8 Å². The summed E-state index contributed by atoms with van der Waals surface area (Å²) in [5.74, 6) is 1.78. The van der Waals surface area contributed by atoms with Crippen molar-refractivity contribution in [1.29, 1.82) is 0 Å². The van der Waals surface area contributed by atoms with Crippen LogP contribution in [-0.4, -0.2) is 15.0 Å². The third-order valence-corrected chi connectivity index (χ3v) is 3.00. The van der Waals surface area contributed by atoms with Crippen LogP contribution in [0.15, 0.2) is 10.6 Å². The van der Waals surface area contributed by atoms with Crippen molar-refractivity contribution in [3.8, 4) is 0 Å². The lowest BCUT2D eigenvalue weighted by atomic mass is 10.0. The lowest BCUT2D eigenvalue weighted by Crippen LogP contribution is -2.17. The maximum atomic E-state index is 6.22. The van der Waals surface area contributed by atoms with Gasteiger partial charge in [-0.05, 0) is 26.3 Å². The molecule has 0 saturated carbocycles. The van der Waals surface area contributed by atoms with Gasteiger partial charge >= 0.3 is 0 Å². The minimum absolute atomic E-state index is 0.238. The number of furan rings is 1. The summed E-state index contributed by atoms with van der Waals surface area (Å²) in [5, 5.41) is 7.72. The summed E-state index contributed by atoms with van der Waals surface area (Å²) in [4.78, 5) is 0. The molecule has 0 amide bonds. The maximum Gasteiger partial charge on any atom is 0.106 e. The Bertz CT molecular complexity index is 512. The lowest BCUT2D eigenvalue weighted by Gasteiger charge is -2.11. The van der Waals surface area contributed by atoms with E-state index in [0.29, 0.717) is 0 Å². The molecule has 0 spiro atoms. The number of nitrogens with zero attached hydrogens (tertiary/aromatic N) is 3. The van der Waals surface area contributed by atoms with E-state index < -0.39 is 0 Å². The Labute approximate surface area is 94.2 Å². The maximum absolute atomic E-state index is 6.22. The molecular formula is C11H16N4O. The fourth-order valence-electron chi connectivity index (χ4n) is 1.99. The molecule has 1 unspecified atom stereocenters. The van der Waals surface area contributed by atoms with Crippen LogP contribution in [0, 0.1) is 20.8 Å². The molecule has 5 heteroatoms. The molecule has 5 nitrogen and oxygen atoms in total. The Morgan fingerprint density at radius 1 is 1.31 bits per heavy atom. The first-order valence-corrected chi connectivity index (χ1v) is 5.19. The van der Waals surface area contributed by atoms with Gasteiger partial charge in [-0.25, -0.2) is 0 Å². The fraction of sp³-hybridized carbons (Fsp3) is 0.455. The van der Waals surface area contributed by atoms with Crippen LogP contribution in [0.5, 0.6) is 0 Å². The van der Waals surface area contributed by atoms with Crippen molar-refractivity contribution in [2.45, 2.75) is 26.8 Å². The monoisotopic (exact) mass is 220 g/mol. The van der Waals surface area contributed by atoms with Crippen molar-refractivity contribution >= 4 is 0 Å². The zero-order chi connectivity index (χ0) is 11.9. The SMILES string of the molecule is Cc1oc(C)c(C(N)c2cnnn2C)c1C. The van der Waals surface area contributed by atoms with Gasteiger partial charge in [-0.2, -0.15) is 0 Å². The van der Waals surface area contributed by atoms with Gasteiger partial charge in [0.1, 0.15) is 11.5 Å². The Hall–Kier alpha value is -1.62. The molecule has 16 heavy (non-hydrogen) atoms. The molecule has 0 fully saturated rings. The van der Waals surface area contributed by atoms with E-state index in [9.17, 15) is 0 Å². The predicted molar refractivity (Wildman–Crippen MR) is 60.0 cm³/mol. The zero-order valence-corrected chi connectivity index (χ0v) is 9.98. The summed E-state index contributed by atoms with van der Waals surface area (Å²) in [5.41, 5.74) is 9.23. The van der Waals surface area contributed by atoms with Gasteiger partial charge in [-0.15, -0.1) is 5.10 Å². The summed E-state index contributed by atoms with van der Waals surface area (Å²) in [6.07, 6.45) is 1.69. The molecule has 2 heterocycles. The Balaban J connectivity index is 2.49. The minimum Gasteiger partial charge on any atom is -0.466 e. The third-order valence-electron chi connectivity index (χ3n) is 3.00. The molecule has 86 valence electrons. The number of hydrogen-bond acceptors (Lipinski definition) is 4. The van der Waals surface area contributed by atoms with Gasteiger partial charge in [-0.3, -0.25) is 4.68 Å². The molecule has 0 aliphatic heterocycles. The third kappa shape index (κ3) is 1.53. The van der Waals surface area contributed by atoms with Gasteiger partial charge in [0.05, 0.1) is 17.9 Å². The van der Waals surface area contributed by atoms with E-state index in [4.69, 9.17) is 10.2 Å². The molecule has 0 aliphatic rings. The van der Waals surface area contributed by atoms with E-state index in [1.165, 1.54) is 0 Å². The molecule has 0 aliphatic carbocycles. The summed E-state index contributed by atoms with van der Waals surface area (Å²) >= 11 is 0. The van der Waals surface area contributed by atoms with Crippen LogP contribution < -0.4 is 5.73 Å². The molecule has 2 aromatic rings. The van der Waals surface area contributed by atoms with Gasteiger partial charge in [0.15, 0.2) is 0 Å². The summed E-state index contributed by atoms with van der Waals surface area (Å²) in [6, 6.07) is -0.238. The van der Waals surface area contributed by atoms with E-state index in [1.807, 2.05) is 27.8 Å². The van der Waals surface area contributed by atoms with E-state index in [1.54, 1.807) is 10.9 Å². The van der Waals surface area contributed by atoms with E-state index in [2.05, 4.69) is 10.3 Å². The van der Waals surface area contributed by atoms with Gasteiger partial charge in [0.2, 0.25) is 0 Å². The van der Waals surface area contributed by atoms with Crippen LogP contribution in [-0.2, 0) is 7.05 Å². The minimum atomic E-state index is -0.238. The number of hydrogen-bond donors (Lipinski definition) is 1. The summed E-state index contributed by atoms with van der Waals surface area (Å²) in [7, 11) is 1.83. The highest BCUT2D eigenvalue weighted by molar-refractivity contribution is 5.37. The number of aryl methyl sites for hydroxylation is 3.